The van der Waals surface area contributed by atoms with Gasteiger partial charge in [-0.3, -0.25) is 0 Å². The summed E-state index contributed by atoms with van der Waals surface area (Å²) in [5.74, 6) is 0. The van der Waals surface area contributed by atoms with Crippen molar-refractivity contribution < 1.29 is 13.2 Å². The van der Waals surface area contributed by atoms with Gasteiger partial charge >= 0.3 is 6.18 Å². The van der Waals surface area contributed by atoms with Crippen molar-refractivity contribution in [2.24, 2.45) is 0 Å². The van der Waals surface area contributed by atoms with Gasteiger partial charge in [-0.2, -0.15) is 13.2 Å². The fraction of sp³-hybridized carbons (Fsp3) is 0.250. The molecule has 0 atom stereocenters. The number of halogens is 4. The van der Waals surface area contributed by atoms with E-state index in [2.05, 4.69) is 0 Å². The number of benzene rings is 1. The lowest BCUT2D eigenvalue weighted by atomic mass is 10.2. The summed E-state index contributed by atoms with van der Waals surface area (Å²) >= 11 is 6.52. The molecule has 0 amide bonds. The Morgan fingerprint density at radius 2 is 1.92 bits per heavy atom. The second kappa shape index (κ2) is 3.80. The SMILES string of the molecule is CSc1ccc(Cl)cc1C(F)(F)F. The first-order valence-corrected chi connectivity index (χ1v) is 4.96. The highest BCUT2D eigenvalue weighted by Crippen LogP contribution is 2.37. The Balaban J connectivity index is 3.24. The highest BCUT2D eigenvalue weighted by Gasteiger charge is 2.33. The number of thioether (sulfide) groups is 1. The first kappa shape index (κ1) is 10.7. The third kappa shape index (κ3) is 2.54. The average molecular weight is 227 g/mol. The van der Waals surface area contributed by atoms with Gasteiger partial charge in [-0.25, -0.2) is 0 Å². The maximum Gasteiger partial charge on any atom is 0.417 e. The number of rotatable bonds is 1. The molecule has 13 heavy (non-hydrogen) atoms. The fourth-order valence-electron chi connectivity index (χ4n) is 0.902. The fourth-order valence-corrected chi connectivity index (χ4v) is 1.67. The molecule has 72 valence electrons. The van der Waals surface area contributed by atoms with Crippen LogP contribution in [0.25, 0.3) is 0 Å². The minimum absolute atomic E-state index is 0.102. The van der Waals surface area contributed by atoms with Crippen molar-refractivity contribution in [3.63, 3.8) is 0 Å². The zero-order valence-corrected chi connectivity index (χ0v) is 8.22. The summed E-state index contributed by atoms with van der Waals surface area (Å²) in [6.07, 6.45) is -2.73. The van der Waals surface area contributed by atoms with E-state index in [1.54, 1.807) is 6.26 Å². The average Bonchev–Trinajstić information content (AvgIpc) is 2.03. The molecule has 1 rings (SSSR count). The Kier molecular flexibility index (Phi) is 3.14. The van der Waals surface area contributed by atoms with Crippen LogP contribution in [-0.4, -0.2) is 6.26 Å². The molecule has 0 spiro atoms. The van der Waals surface area contributed by atoms with E-state index >= 15 is 0 Å². The van der Waals surface area contributed by atoms with Crippen LogP contribution < -0.4 is 0 Å². The van der Waals surface area contributed by atoms with Crippen LogP contribution >= 0.6 is 23.4 Å². The van der Waals surface area contributed by atoms with Crippen LogP contribution in [0.5, 0.6) is 0 Å². The van der Waals surface area contributed by atoms with Crippen LogP contribution in [0.15, 0.2) is 23.1 Å². The summed E-state index contributed by atoms with van der Waals surface area (Å²) in [6, 6.07) is 3.76. The van der Waals surface area contributed by atoms with Gasteiger partial charge in [0.25, 0.3) is 0 Å². The van der Waals surface area contributed by atoms with E-state index in [0.717, 1.165) is 17.8 Å². The van der Waals surface area contributed by atoms with Gasteiger partial charge in [0.15, 0.2) is 0 Å². The Labute approximate surface area is 83.1 Å². The largest absolute Gasteiger partial charge is 0.417 e. The Morgan fingerprint density at radius 1 is 1.31 bits per heavy atom. The van der Waals surface area contributed by atoms with Crippen molar-refractivity contribution in [2.45, 2.75) is 11.1 Å². The standard InChI is InChI=1S/C8H6ClF3S/c1-13-7-3-2-5(9)4-6(7)8(10,11)12/h2-4H,1H3. The Morgan fingerprint density at radius 3 is 2.38 bits per heavy atom. The zero-order chi connectivity index (χ0) is 10.1. The summed E-state index contributed by atoms with van der Waals surface area (Å²) in [4.78, 5) is 0.192. The molecule has 0 saturated carbocycles. The molecule has 0 aliphatic rings. The molecule has 0 N–H and O–H groups in total. The molecule has 5 heteroatoms. The lowest BCUT2D eigenvalue weighted by Crippen LogP contribution is -2.06. The van der Waals surface area contributed by atoms with Crippen molar-refractivity contribution in [1.29, 1.82) is 0 Å². The van der Waals surface area contributed by atoms with Crippen LogP contribution in [-0.2, 0) is 6.18 Å². The molecule has 0 aliphatic carbocycles. The molecule has 0 heterocycles. The molecular weight excluding hydrogens is 221 g/mol. The van der Waals surface area contributed by atoms with Gasteiger partial charge in [-0.05, 0) is 24.5 Å². The minimum atomic E-state index is -4.33. The van der Waals surface area contributed by atoms with E-state index in [1.807, 2.05) is 0 Å². The molecular formula is C8H6ClF3S. The lowest BCUT2D eigenvalue weighted by Gasteiger charge is -2.10. The van der Waals surface area contributed by atoms with Crippen LogP contribution in [0.2, 0.25) is 5.02 Å². The van der Waals surface area contributed by atoms with Gasteiger partial charge in [-0.1, -0.05) is 11.6 Å². The molecule has 0 nitrogen and oxygen atoms in total. The summed E-state index contributed by atoms with van der Waals surface area (Å²) < 4.78 is 37.0. The smallest absolute Gasteiger partial charge is 0.166 e. The predicted octanol–water partition coefficient (Wildman–Crippen LogP) is 4.08. The third-order valence-corrected chi connectivity index (χ3v) is 2.50. The number of alkyl halides is 3. The molecule has 0 aliphatic heterocycles. The Bertz CT molecular complexity index is 309. The van der Waals surface area contributed by atoms with Crippen molar-refractivity contribution in [3.05, 3.63) is 28.8 Å². The predicted molar refractivity (Wildman–Crippen MR) is 48.2 cm³/mol. The van der Waals surface area contributed by atoms with Crippen molar-refractivity contribution in [2.75, 3.05) is 6.26 Å². The van der Waals surface area contributed by atoms with Crippen LogP contribution in [0.1, 0.15) is 5.56 Å². The van der Waals surface area contributed by atoms with Gasteiger partial charge in [0.05, 0.1) is 5.56 Å². The highest BCUT2D eigenvalue weighted by atomic mass is 35.5. The Hall–Kier alpha value is -0.350. The molecule has 1 aromatic rings. The monoisotopic (exact) mass is 226 g/mol. The maximum atomic E-state index is 12.3. The van der Waals surface area contributed by atoms with Gasteiger partial charge in [-0.15, -0.1) is 11.8 Å². The molecule has 1 aromatic carbocycles. The lowest BCUT2D eigenvalue weighted by molar-refractivity contribution is -0.139. The summed E-state index contributed by atoms with van der Waals surface area (Å²) in [5, 5.41) is 0.102. The van der Waals surface area contributed by atoms with Gasteiger partial charge in [0.2, 0.25) is 0 Å². The second-order valence-corrected chi connectivity index (χ2v) is 3.63. The number of hydrogen-bond acceptors (Lipinski definition) is 1. The van der Waals surface area contributed by atoms with Gasteiger partial charge in [0, 0.05) is 9.92 Å². The topological polar surface area (TPSA) is 0 Å². The summed E-state index contributed by atoms with van der Waals surface area (Å²) in [7, 11) is 0. The summed E-state index contributed by atoms with van der Waals surface area (Å²) in [6.45, 7) is 0. The molecule has 0 radical (unpaired) electrons. The normalized spacial score (nSPS) is 11.8. The van der Waals surface area contributed by atoms with E-state index in [9.17, 15) is 13.2 Å². The maximum absolute atomic E-state index is 12.3. The van der Waals surface area contributed by atoms with Crippen molar-refractivity contribution in [3.8, 4) is 0 Å². The number of hydrogen-bond donors (Lipinski definition) is 0. The van der Waals surface area contributed by atoms with Gasteiger partial charge in [0.1, 0.15) is 0 Å². The highest BCUT2D eigenvalue weighted by molar-refractivity contribution is 7.98. The van der Waals surface area contributed by atoms with Crippen LogP contribution in [0, 0.1) is 0 Å². The van der Waals surface area contributed by atoms with Crippen LogP contribution in [0.3, 0.4) is 0 Å². The van der Waals surface area contributed by atoms with E-state index < -0.39 is 11.7 Å². The van der Waals surface area contributed by atoms with E-state index in [0.29, 0.717) is 0 Å². The molecule has 0 saturated heterocycles. The van der Waals surface area contributed by atoms with Gasteiger partial charge < -0.3 is 0 Å². The first-order valence-electron chi connectivity index (χ1n) is 3.36. The van der Waals surface area contributed by atoms with E-state index in [1.165, 1.54) is 12.1 Å². The quantitative estimate of drug-likeness (QED) is 0.651. The molecule has 0 aromatic heterocycles. The third-order valence-electron chi connectivity index (χ3n) is 1.47. The molecule has 0 bridgehead atoms. The molecule has 0 unspecified atom stereocenters. The first-order chi connectivity index (χ1) is 5.95. The molecule has 0 fully saturated rings. The van der Waals surface area contributed by atoms with E-state index in [4.69, 9.17) is 11.6 Å². The van der Waals surface area contributed by atoms with Crippen LogP contribution in [0.4, 0.5) is 13.2 Å². The van der Waals surface area contributed by atoms with Crippen molar-refractivity contribution in [1.82, 2.24) is 0 Å². The van der Waals surface area contributed by atoms with E-state index in [-0.39, 0.29) is 9.92 Å². The zero-order valence-electron chi connectivity index (χ0n) is 6.65. The van der Waals surface area contributed by atoms with Crippen molar-refractivity contribution >= 4 is 23.4 Å². The summed E-state index contributed by atoms with van der Waals surface area (Å²) in [5.41, 5.74) is -0.674. The second-order valence-electron chi connectivity index (χ2n) is 2.34. The minimum Gasteiger partial charge on any atom is -0.166 e.